The smallest absolute Gasteiger partial charge is 0.160 e. The molecule has 0 radical (unpaired) electrons. The van der Waals surface area contributed by atoms with Crippen molar-refractivity contribution in [1.82, 2.24) is 4.98 Å². The van der Waals surface area contributed by atoms with Crippen LogP contribution < -0.4 is 9.47 Å². The molecule has 35 heavy (non-hydrogen) atoms. The highest BCUT2D eigenvalue weighted by Gasteiger charge is 2.27. The third-order valence-electron chi connectivity index (χ3n) is 6.26. The number of phenolic OH excluding ortho intramolecular Hbond substituents is 2. The van der Waals surface area contributed by atoms with Crippen molar-refractivity contribution in [2.24, 2.45) is 11.8 Å². The van der Waals surface area contributed by atoms with Crippen LogP contribution in [-0.2, 0) is 24.1 Å². The molecule has 0 unspecified atom stereocenters. The summed E-state index contributed by atoms with van der Waals surface area (Å²) >= 11 is 0. The quantitative estimate of drug-likeness (QED) is 0.252. The predicted octanol–water partition coefficient (Wildman–Crippen LogP) is 3.02. The molecular weight excluding hydrogens is 450 g/mol. The number of aliphatic hydroxyl groups is 2. The van der Waals surface area contributed by atoms with E-state index in [1.165, 1.54) is 20.3 Å². The van der Waals surface area contributed by atoms with Crippen LogP contribution in [0, 0.1) is 11.8 Å². The van der Waals surface area contributed by atoms with E-state index in [1.807, 2.05) is 12.3 Å². The van der Waals surface area contributed by atoms with Crippen LogP contribution in [0.25, 0.3) is 0 Å². The molecule has 0 aliphatic rings. The summed E-state index contributed by atoms with van der Waals surface area (Å²) in [4.78, 5) is 16.1. The number of ether oxygens (including phenoxy) is 2. The van der Waals surface area contributed by atoms with Crippen molar-refractivity contribution in [3.05, 3.63) is 71.5 Å². The van der Waals surface area contributed by atoms with Gasteiger partial charge in [-0.3, -0.25) is 4.79 Å². The Balaban J connectivity index is 1.73. The summed E-state index contributed by atoms with van der Waals surface area (Å²) in [6.07, 6.45) is 3.88. The van der Waals surface area contributed by atoms with E-state index in [1.54, 1.807) is 36.5 Å². The molecule has 3 aromatic rings. The van der Waals surface area contributed by atoms with E-state index in [4.69, 9.17) is 9.47 Å². The number of aromatic nitrogens is 1. The molecule has 5 N–H and O–H groups in total. The number of hydrogen-bond donors (Lipinski definition) is 5. The van der Waals surface area contributed by atoms with Crippen LogP contribution in [0.2, 0.25) is 0 Å². The van der Waals surface area contributed by atoms with Crippen LogP contribution >= 0.6 is 0 Å². The number of rotatable bonds is 13. The molecule has 8 heteroatoms. The molecule has 0 aliphatic carbocycles. The molecule has 1 aromatic heterocycles. The number of aromatic amines is 1. The van der Waals surface area contributed by atoms with Gasteiger partial charge in [-0.15, -0.1) is 0 Å². The maximum absolute atomic E-state index is 13.1. The number of hydrogen-bond acceptors (Lipinski definition) is 7. The fraction of sp³-hybridized carbons (Fsp3) is 0.370. The van der Waals surface area contributed by atoms with Gasteiger partial charge in [0.1, 0.15) is 5.78 Å². The third kappa shape index (κ3) is 7.00. The molecule has 0 bridgehead atoms. The van der Waals surface area contributed by atoms with Gasteiger partial charge in [0, 0.05) is 24.7 Å². The SMILES string of the molecule is COc1cc(C[C@@H](CO)C(=O)C[C@@H](O)[C@@H](Cc2cc[nH]c2)Cc2ccc(O)c(OC)c2)ccc1O. The molecule has 2 aromatic carbocycles. The van der Waals surface area contributed by atoms with Crippen LogP contribution in [0.4, 0.5) is 0 Å². The predicted molar refractivity (Wildman–Crippen MR) is 131 cm³/mol. The van der Waals surface area contributed by atoms with Crippen molar-refractivity contribution in [3.63, 3.8) is 0 Å². The van der Waals surface area contributed by atoms with Crippen molar-refractivity contribution in [2.45, 2.75) is 31.8 Å². The van der Waals surface area contributed by atoms with E-state index < -0.39 is 12.0 Å². The Bertz CT molecular complexity index is 1100. The Morgan fingerprint density at radius 3 is 1.97 bits per heavy atom. The Morgan fingerprint density at radius 2 is 1.46 bits per heavy atom. The van der Waals surface area contributed by atoms with Gasteiger partial charge in [0.05, 0.1) is 26.9 Å². The molecule has 8 nitrogen and oxygen atoms in total. The first-order valence-corrected chi connectivity index (χ1v) is 11.5. The number of aliphatic hydroxyl groups excluding tert-OH is 2. The molecule has 0 aliphatic heterocycles. The van der Waals surface area contributed by atoms with E-state index in [0.29, 0.717) is 24.3 Å². The van der Waals surface area contributed by atoms with Gasteiger partial charge < -0.3 is 34.9 Å². The number of H-pyrrole nitrogens is 1. The van der Waals surface area contributed by atoms with Crippen LogP contribution in [-0.4, -0.2) is 58.1 Å². The monoisotopic (exact) mass is 483 g/mol. The Labute approximate surface area is 204 Å². The molecular formula is C27H33NO7. The molecule has 0 spiro atoms. The lowest BCUT2D eigenvalue weighted by molar-refractivity contribution is -0.126. The maximum atomic E-state index is 13.1. The molecule has 0 saturated carbocycles. The Hall–Kier alpha value is -3.49. The second-order valence-corrected chi connectivity index (χ2v) is 8.72. The minimum atomic E-state index is -0.944. The fourth-order valence-electron chi connectivity index (χ4n) is 4.24. The number of phenols is 2. The van der Waals surface area contributed by atoms with Crippen molar-refractivity contribution >= 4 is 5.78 Å². The van der Waals surface area contributed by atoms with Gasteiger partial charge in [0.2, 0.25) is 0 Å². The number of carbonyl (C=O) groups is 1. The molecule has 188 valence electrons. The normalized spacial score (nSPS) is 13.7. The van der Waals surface area contributed by atoms with E-state index >= 15 is 0 Å². The topological polar surface area (TPSA) is 132 Å². The van der Waals surface area contributed by atoms with Crippen LogP contribution in [0.15, 0.2) is 54.9 Å². The Kier molecular flexibility index (Phi) is 9.17. The maximum Gasteiger partial charge on any atom is 0.160 e. The van der Waals surface area contributed by atoms with Gasteiger partial charge >= 0.3 is 0 Å². The minimum Gasteiger partial charge on any atom is -0.504 e. The second kappa shape index (κ2) is 12.3. The summed E-state index contributed by atoms with van der Waals surface area (Å²) in [5.41, 5.74) is 2.60. The number of nitrogens with one attached hydrogen (secondary N) is 1. The van der Waals surface area contributed by atoms with E-state index in [2.05, 4.69) is 4.98 Å². The summed E-state index contributed by atoms with van der Waals surface area (Å²) < 4.78 is 10.3. The molecule has 3 rings (SSSR count). The summed E-state index contributed by atoms with van der Waals surface area (Å²) in [6.45, 7) is -0.355. The lowest BCUT2D eigenvalue weighted by atomic mass is 9.84. The molecule has 1 heterocycles. The molecule has 0 fully saturated rings. The Morgan fingerprint density at radius 1 is 0.886 bits per heavy atom. The van der Waals surface area contributed by atoms with E-state index in [9.17, 15) is 25.2 Å². The number of benzene rings is 2. The van der Waals surface area contributed by atoms with Crippen molar-refractivity contribution in [2.75, 3.05) is 20.8 Å². The second-order valence-electron chi connectivity index (χ2n) is 8.72. The van der Waals surface area contributed by atoms with Gasteiger partial charge in [-0.2, -0.15) is 0 Å². The zero-order valence-corrected chi connectivity index (χ0v) is 20.0. The van der Waals surface area contributed by atoms with Gasteiger partial charge in [0.15, 0.2) is 23.0 Å². The van der Waals surface area contributed by atoms with Gasteiger partial charge in [-0.25, -0.2) is 0 Å². The zero-order valence-electron chi connectivity index (χ0n) is 20.0. The number of methoxy groups -OCH3 is 2. The number of carbonyl (C=O) groups excluding carboxylic acids is 1. The van der Waals surface area contributed by atoms with Crippen molar-refractivity contribution < 1.29 is 34.7 Å². The first kappa shape index (κ1) is 26.1. The summed E-state index contributed by atoms with van der Waals surface area (Å²) in [5, 5.41) is 40.7. The number of Topliss-reactive ketones (excluding diaryl/α,β-unsaturated/α-hetero) is 1. The average Bonchev–Trinajstić information content (AvgIpc) is 3.37. The molecule has 3 atom stereocenters. The highest BCUT2D eigenvalue weighted by molar-refractivity contribution is 5.82. The van der Waals surface area contributed by atoms with Gasteiger partial charge in [-0.05, 0) is 72.2 Å². The van der Waals surface area contributed by atoms with Crippen LogP contribution in [0.5, 0.6) is 23.0 Å². The summed E-state index contributed by atoms with van der Waals surface area (Å²) in [5.74, 6) is -0.546. The zero-order chi connectivity index (χ0) is 25.4. The first-order chi connectivity index (χ1) is 16.8. The average molecular weight is 484 g/mol. The fourth-order valence-corrected chi connectivity index (χ4v) is 4.24. The number of ketones is 1. The van der Waals surface area contributed by atoms with Crippen molar-refractivity contribution in [3.8, 4) is 23.0 Å². The standard InChI is InChI=1S/C27H33NO7/c1-34-26-12-17(3-5-22(26)30)9-20(11-19-7-8-28-15-19)24(32)14-25(33)21(16-29)10-18-4-6-23(31)27(13-18)35-2/h3-8,12-13,15,20-21,24,28-32H,9-11,14,16H2,1-2H3/t20-,21+,24-/m1/s1. The molecule has 0 amide bonds. The van der Waals surface area contributed by atoms with E-state index in [-0.39, 0.29) is 42.6 Å². The molecule has 0 saturated heterocycles. The highest BCUT2D eigenvalue weighted by Crippen LogP contribution is 2.30. The lowest BCUT2D eigenvalue weighted by Crippen LogP contribution is -2.31. The minimum absolute atomic E-state index is 0.00277. The van der Waals surface area contributed by atoms with Crippen molar-refractivity contribution in [1.29, 1.82) is 0 Å². The van der Waals surface area contributed by atoms with Crippen LogP contribution in [0.1, 0.15) is 23.1 Å². The highest BCUT2D eigenvalue weighted by atomic mass is 16.5. The van der Waals surface area contributed by atoms with Gasteiger partial charge in [0.25, 0.3) is 0 Å². The number of aromatic hydroxyl groups is 2. The summed E-state index contributed by atoms with van der Waals surface area (Å²) in [6, 6.07) is 11.8. The third-order valence-corrected chi connectivity index (χ3v) is 6.26. The summed E-state index contributed by atoms with van der Waals surface area (Å²) in [7, 11) is 2.92. The van der Waals surface area contributed by atoms with Gasteiger partial charge in [-0.1, -0.05) is 12.1 Å². The largest absolute Gasteiger partial charge is 0.504 e. The first-order valence-electron chi connectivity index (χ1n) is 11.5. The lowest BCUT2D eigenvalue weighted by Gasteiger charge is -2.24. The van der Waals surface area contributed by atoms with E-state index in [0.717, 1.165) is 16.7 Å². The van der Waals surface area contributed by atoms with Crippen LogP contribution in [0.3, 0.4) is 0 Å².